The molecule has 17 heavy (non-hydrogen) atoms. The van der Waals surface area contributed by atoms with Crippen molar-refractivity contribution in [2.24, 2.45) is 10.9 Å². The average molecular weight is 238 g/mol. The maximum Gasteiger partial charge on any atom is 0.253 e. The summed E-state index contributed by atoms with van der Waals surface area (Å²) in [6.45, 7) is 6.80. The lowest BCUT2D eigenvalue weighted by molar-refractivity contribution is -0.125. The van der Waals surface area contributed by atoms with Crippen LogP contribution in [0, 0.1) is 5.92 Å². The Morgan fingerprint density at radius 3 is 2.94 bits per heavy atom. The number of rotatable bonds is 2. The van der Waals surface area contributed by atoms with Crippen LogP contribution in [0.5, 0.6) is 0 Å². The molecule has 2 fully saturated rings. The first-order valence-corrected chi connectivity index (χ1v) is 6.34. The molecule has 5 nitrogen and oxygen atoms in total. The fraction of sp³-hybridized carbons (Fsp3) is 0.833. The van der Waals surface area contributed by atoms with E-state index in [4.69, 9.17) is 0 Å². The highest BCUT2D eigenvalue weighted by Crippen LogP contribution is 2.23. The number of carbonyl (C=O) groups is 1. The van der Waals surface area contributed by atoms with Gasteiger partial charge in [-0.05, 0) is 32.4 Å². The highest BCUT2D eigenvalue weighted by Gasteiger charge is 2.46. The highest BCUT2D eigenvalue weighted by molar-refractivity contribution is 6.09. The van der Waals surface area contributed by atoms with Gasteiger partial charge in [-0.2, -0.15) is 0 Å². The second-order valence-electron chi connectivity index (χ2n) is 5.59. The quantitative estimate of drug-likeness (QED) is 0.721. The summed E-state index contributed by atoms with van der Waals surface area (Å²) in [5, 5.41) is 6.15. The molecule has 1 spiro atoms. The van der Waals surface area contributed by atoms with Crippen LogP contribution < -0.4 is 10.6 Å². The third-order valence-corrected chi connectivity index (χ3v) is 3.32. The minimum Gasteiger partial charge on any atom is -0.341 e. The van der Waals surface area contributed by atoms with Gasteiger partial charge in [0.2, 0.25) is 0 Å². The number of piperidine rings is 1. The molecule has 1 atom stereocenters. The van der Waals surface area contributed by atoms with Crippen molar-refractivity contribution in [1.82, 2.24) is 15.5 Å². The predicted molar refractivity (Wildman–Crippen MR) is 67.9 cm³/mol. The third kappa shape index (κ3) is 2.60. The van der Waals surface area contributed by atoms with Crippen molar-refractivity contribution in [3.05, 3.63) is 0 Å². The fourth-order valence-corrected chi connectivity index (χ4v) is 2.45. The van der Waals surface area contributed by atoms with Crippen molar-refractivity contribution in [2.45, 2.75) is 32.2 Å². The van der Waals surface area contributed by atoms with Crippen LogP contribution in [0.15, 0.2) is 4.99 Å². The minimum atomic E-state index is -0.442. The van der Waals surface area contributed by atoms with Gasteiger partial charge in [0.05, 0.1) is 0 Å². The molecule has 0 saturated carbocycles. The van der Waals surface area contributed by atoms with E-state index in [1.807, 2.05) is 0 Å². The van der Waals surface area contributed by atoms with Gasteiger partial charge in [-0.15, -0.1) is 0 Å². The number of hydrogen-bond acceptors (Lipinski definition) is 3. The summed E-state index contributed by atoms with van der Waals surface area (Å²) in [5.41, 5.74) is -0.442. The highest BCUT2D eigenvalue weighted by atomic mass is 16.2. The molecule has 0 aliphatic carbocycles. The van der Waals surface area contributed by atoms with Crippen molar-refractivity contribution in [3.8, 4) is 0 Å². The summed E-state index contributed by atoms with van der Waals surface area (Å²) >= 11 is 0. The first-order valence-electron chi connectivity index (χ1n) is 6.34. The smallest absolute Gasteiger partial charge is 0.253 e. The van der Waals surface area contributed by atoms with E-state index < -0.39 is 5.54 Å². The van der Waals surface area contributed by atoms with Crippen molar-refractivity contribution in [2.75, 3.05) is 26.7 Å². The zero-order valence-corrected chi connectivity index (χ0v) is 10.9. The van der Waals surface area contributed by atoms with Crippen LogP contribution in [0.25, 0.3) is 0 Å². The van der Waals surface area contributed by atoms with Crippen molar-refractivity contribution in [1.29, 1.82) is 0 Å². The molecule has 5 heteroatoms. The SMILES string of the molecule is CC(C)CN=C1NC(=O)C2(CCCN(C)C2)N1. The van der Waals surface area contributed by atoms with Crippen molar-refractivity contribution in [3.63, 3.8) is 0 Å². The maximum absolute atomic E-state index is 12.1. The number of amides is 1. The van der Waals surface area contributed by atoms with Crippen LogP contribution in [-0.4, -0.2) is 49.0 Å². The summed E-state index contributed by atoms with van der Waals surface area (Å²) in [6.07, 6.45) is 1.94. The first-order chi connectivity index (χ1) is 8.02. The van der Waals surface area contributed by atoms with E-state index in [0.29, 0.717) is 11.9 Å². The van der Waals surface area contributed by atoms with Crippen molar-refractivity contribution >= 4 is 11.9 Å². The Morgan fingerprint density at radius 1 is 1.53 bits per heavy atom. The molecule has 1 unspecified atom stereocenters. The Kier molecular flexibility index (Phi) is 3.38. The molecule has 2 aliphatic heterocycles. The van der Waals surface area contributed by atoms with Crippen LogP contribution in [0.4, 0.5) is 0 Å². The molecule has 2 saturated heterocycles. The number of carbonyl (C=O) groups excluding carboxylic acids is 1. The molecule has 96 valence electrons. The van der Waals surface area contributed by atoms with E-state index in [0.717, 1.165) is 32.5 Å². The molecule has 2 aliphatic rings. The average Bonchev–Trinajstić information content (AvgIpc) is 2.53. The zero-order valence-electron chi connectivity index (χ0n) is 10.9. The molecular weight excluding hydrogens is 216 g/mol. The number of likely N-dealkylation sites (N-methyl/N-ethyl adjacent to an activating group) is 1. The number of nitrogens with one attached hydrogen (secondary N) is 2. The molecule has 0 aromatic heterocycles. The zero-order chi connectivity index (χ0) is 12.5. The van der Waals surface area contributed by atoms with Gasteiger partial charge in [0.1, 0.15) is 5.54 Å². The lowest BCUT2D eigenvalue weighted by Gasteiger charge is -2.36. The lowest BCUT2D eigenvalue weighted by Crippen LogP contribution is -2.57. The van der Waals surface area contributed by atoms with E-state index in [2.05, 4.69) is 41.4 Å². The van der Waals surface area contributed by atoms with E-state index in [-0.39, 0.29) is 5.91 Å². The Balaban J connectivity index is 2.06. The minimum absolute atomic E-state index is 0.0755. The van der Waals surface area contributed by atoms with Gasteiger partial charge in [-0.1, -0.05) is 13.8 Å². The Morgan fingerprint density at radius 2 is 2.29 bits per heavy atom. The van der Waals surface area contributed by atoms with Gasteiger partial charge in [-0.3, -0.25) is 15.1 Å². The largest absolute Gasteiger partial charge is 0.341 e. The Bertz CT molecular complexity index is 339. The third-order valence-electron chi connectivity index (χ3n) is 3.32. The second kappa shape index (κ2) is 4.64. The molecular formula is C12H22N4O. The van der Waals surface area contributed by atoms with Gasteiger partial charge >= 0.3 is 0 Å². The van der Waals surface area contributed by atoms with Crippen LogP contribution in [0.3, 0.4) is 0 Å². The second-order valence-corrected chi connectivity index (χ2v) is 5.59. The standard InChI is InChI=1S/C12H22N4O/c1-9(2)7-13-11-14-10(17)12(15-11)5-4-6-16(3)8-12/h9H,4-8H2,1-3H3,(H2,13,14,15,17). The molecule has 2 heterocycles. The molecule has 1 amide bonds. The number of likely N-dealkylation sites (tertiary alicyclic amines) is 1. The molecule has 0 aromatic rings. The number of guanidine groups is 1. The Labute approximate surface area is 103 Å². The van der Waals surface area contributed by atoms with Gasteiger partial charge < -0.3 is 10.2 Å². The van der Waals surface area contributed by atoms with Gasteiger partial charge in [0, 0.05) is 13.1 Å². The summed E-state index contributed by atoms with van der Waals surface area (Å²) < 4.78 is 0. The molecule has 0 aromatic carbocycles. The molecule has 2 rings (SSSR count). The Hall–Kier alpha value is -1.10. The predicted octanol–water partition coefficient (Wildman–Crippen LogP) is 0.182. The first kappa shape index (κ1) is 12.4. The van der Waals surface area contributed by atoms with E-state index >= 15 is 0 Å². The topological polar surface area (TPSA) is 56.7 Å². The lowest BCUT2D eigenvalue weighted by atomic mass is 9.89. The van der Waals surface area contributed by atoms with Crippen LogP contribution in [0.2, 0.25) is 0 Å². The van der Waals surface area contributed by atoms with E-state index in [9.17, 15) is 4.79 Å². The fourth-order valence-electron chi connectivity index (χ4n) is 2.45. The monoisotopic (exact) mass is 238 g/mol. The van der Waals surface area contributed by atoms with Crippen molar-refractivity contribution < 1.29 is 4.79 Å². The normalized spacial score (nSPS) is 32.2. The molecule has 0 bridgehead atoms. The van der Waals surface area contributed by atoms with Gasteiger partial charge in [-0.25, -0.2) is 0 Å². The summed E-state index contributed by atoms with van der Waals surface area (Å²) in [6, 6.07) is 0. The van der Waals surface area contributed by atoms with Gasteiger partial charge in [0.15, 0.2) is 5.96 Å². The van der Waals surface area contributed by atoms with E-state index in [1.54, 1.807) is 0 Å². The summed E-state index contributed by atoms with van der Waals surface area (Å²) in [5.74, 6) is 1.23. The summed E-state index contributed by atoms with van der Waals surface area (Å²) in [7, 11) is 2.05. The van der Waals surface area contributed by atoms with E-state index in [1.165, 1.54) is 0 Å². The van der Waals surface area contributed by atoms with Crippen LogP contribution in [-0.2, 0) is 4.79 Å². The van der Waals surface area contributed by atoms with Gasteiger partial charge in [0.25, 0.3) is 5.91 Å². The maximum atomic E-state index is 12.1. The van der Waals surface area contributed by atoms with Crippen LogP contribution >= 0.6 is 0 Å². The molecule has 0 radical (unpaired) electrons. The van der Waals surface area contributed by atoms with Crippen LogP contribution in [0.1, 0.15) is 26.7 Å². The number of aliphatic imine (C=N–C) groups is 1. The molecule has 2 N–H and O–H groups in total. The number of hydrogen-bond donors (Lipinski definition) is 2. The summed E-state index contributed by atoms with van der Waals surface area (Å²) in [4.78, 5) is 18.7. The number of nitrogens with zero attached hydrogens (tertiary/aromatic N) is 2.